The van der Waals surface area contributed by atoms with Crippen molar-refractivity contribution in [2.24, 2.45) is 0 Å². The molecule has 11 heteroatoms. The minimum Gasteiger partial charge on any atom is -0.383 e. The standard InChI is InChI=1S/C25H24ClN5O3S2/c1-34-14-13-31-24(33)20(36-25(31)35)16-19-22(27-21-7-2-3-8-30(21)23(19)32)29-11-9-28(10-12-29)18-6-4-5-17(26)15-18/h2-8,15-16H,9-14H2,1H3/b20-16-. The molecule has 0 atom stereocenters. The highest BCUT2D eigenvalue weighted by atomic mass is 35.5. The van der Waals surface area contributed by atoms with Crippen LogP contribution in [0.5, 0.6) is 0 Å². The summed E-state index contributed by atoms with van der Waals surface area (Å²) in [6, 6.07) is 13.2. The number of thiocarbonyl (C=S) groups is 1. The van der Waals surface area contributed by atoms with Crippen LogP contribution in [0.25, 0.3) is 11.7 Å². The number of carbonyl (C=O) groups is 1. The van der Waals surface area contributed by atoms with Gasteiger partial charge in [-0.05, 0) is 36.4 Å². The first-order chi connectivity index (χ1) is 17.5. The van der Waals surface area contributed by atoms with E-state index in [-0.39, 0.29) is 11.5 Å². The number of ether oxygens (including phenoxy) is 1. The van der Waals surface area contributed by atoms with Crippen molar-refractivity contribution in [1.29, 1.82) is 0 Å². The van der Waals surface area contributed by atoms with Gasteiger partial charge in [0.1, 0.15) is 15.8 Å². The van der Waals surface area contributed by atoms with Crippen LogP contribution in [0.3, 0.4) is 0 Å². The fraction of sp³-hybridized carbons (Fsp3) is 0.280. The molecule has 2 aromatic heterocycles. The van der Waals surface area contributed by atoms with Crippen molar-refractivity contribution in [3.05, 3.63) is 74.5 Å². The molecule has 8 nitrogen and oxygen atoms in total. The van der Waals surface area contributed by atoms with E-state index in [9.17, 15) is 9.59 Å². The number of amides is 1. The van der Waals surface area contributed by atoms with Crippen molar-refractivity contribution in [3.8, 4) is 0 Å². The van der Waals surface area contributed by atoms with E-state index in [1.165, 1.54) is 21.1 Å². The summed E-state index contributed by atoms with van der Waals surface area (Å²) < 4.78 is 7.06. The first-order valence-corrected chi connectivity index (χ1v) is 13.1. The zero-order chi connectivity index (χ0) is 25.2. The monoisotopic (exact) mass is 541 g/mol. The summed E-state index contributed by atoms with van der Waals surface area (Å²) >= 11 is 12.8. The Morgan fingerprint density at radius 1 is 1.11 bits per heavy atom. The molecule has 0 radical (unpaired) electrons. The van der Waals surface area contributed by atoms with Gasteiger partial charge in [-0.2, -0.15) is 0 Å². The topological polar surface area (TPSA) is 70.4 Å². The summed E-state index contributed by atoms with van der Waals surface area (Å²) in [4.78, 5) is 37.8. The number of pyridine rings is 1. The van der Waals surface area contributed by atoms with Crippen LogP contribution in [0.2, 0.25) is 5.02 Å². The molecule has 2 aliphatic heterocycles. The quantitative estimate of drug-likeness (QED) is 0.347. The Hall–Kier alpha value is -2.92. The minimum absolute atomic E-state index is 0.226. The number of hydrogen-bond donors (Lipinski definition) is 0. The van der Waals surface area contributed by atoms with Crippen molar-refractivity contribution in [2.45, 2.75) is 0 Å². The maximum absolute atomic E-state index is 13.6. The summed E-state index contributed by atoms with van der Waals surface area (Å²) in [6.07, 6.45) is 3.33. The molecule has 0 aliphatic carbocycles. The number of aromatic nitrogens is 2. The van der Waals surface area contributed by atoms with Gasteiger partial charge in [0.2, 0.25) is 0 Å². The van der Waals surface area contributed by atoms with E-state index in [1.54, 1.807) is 31.5 Å². The number of carbonyl (C=O) groups excluding carboxylic acids is 1. The third-order valence-electron chi connectivity index (χ3n) is 6.17. The number of rotatable bonds is 6. The van der Waals surface area contributed by atoms with Gasteiger partial charge in [-0.25, -0.2) is 4.98 Å². The Morgan fingerprint density at radius 3 is 2.64 bits per heavy atom. The number of piperazine rings is 1. The van der Waals surface area contributed by atoms with Crippen molar-refractivity contribution >= 4 is 69.0 Å². The zero-order valence-corrected chi connectivity index (χ0v) is 22.0. The molecule has 2 fully saturated rings. The van der Waals surface area contributed by atoms with Gasteiger partial charge in [0.05, 0.1) is 23.6 Å². The highest BCUT2D eigenvalue weighted by Crippen LogP contribution is 2.33. The lowest BCUT2D eigenvalue weighted by Gasteiger charge is -2.37. The number of benzene rings is 1. The largest absolute Gasteiger partial charge is 0.383 e. The van der Waals surface area contributed by atoms with Gasteiger partial charge in [0.15, 0.2) is 0 Å². The van der Waals surface area contributed by atoms with Crippen LogP contribution in [-0.4, -0.2) is 71.0 Å². The van der Waals surface area contributed by atoms with Crippen molar-refractivity contribution in [3.63, 3.8) is 0 Å². The average molecular weight is 542 g/mol. The van der Waals surface area contributed by atoms with Gasteiger partial charge < -0.3 is 14.5 Å². The molecular weight excluding hydrogens is 518 g/mol. The highest BCUT2D eigenvalue weighted by molar-refractivity contribution is 8.26. The molecule has 0 N–H and O–H groups in total. The molecule has 0 saturated carbocycles. The number of nitrogens with zero attached hydrogens (tertiary/aromatic N) is 5. The van der Waals surface area contributed by atoms with Crippen LogP contribution >= 0.6 is 35.6 Å². The first kappa shape index (κ1) is 24.8. The molecule has 1 aromatic carbocycles. The van der Waals surface area contributed by atoms with Crippen molar-refractivity contribution in [1.82, 2.24) is 14.3 Å². The second kappa shape index (κ2) is 10.6. The average Bonchev–Trinajstić information content (AvgIpc) is 3.16. The van der Waals surface area contributed by atoms with E-state index in [1.807, 2.05) is 30.3 Å². The first-order valence-electron chi connectivity index (χ1n) is 11.5. The molecule has 1 amide bonds. The minimum atomic E-state index is -0.227. The smallest absolute Gasteiger partial charge is 0.267 e. The summed E-state index contributed by atoms with van der Waals surface area (Å²) in [5, 5.41) is 0.698. The fourth-order valence-electron chi connectivity index (χ4n) is 4.31. The number of thioether (sulfide) groups is 1. The van der Waals surface area contributed by atoms with E-state index in [2.05, 4.69) is 9.80 Å². The van der Waals surface area contributed by atoms with Gasteiger partial charge in [-0.3, -0.25) is 18.9 Å². The van der Waals surface area contributed by atoms with Crippen LogP contribution in [-0.2, 0) is 9.53 Å². The summed E-state index contributed by atoms with van der Waals surface area (Å²) in [6.45, 7) is 3.56. The third-order valence-corrected chi connectivity index (χ3v) is 7.78. The Bertz CT molecular complexity index is 1420. The van der Waals surface area contributed by atoms with Crippen LogP contribution in [0.15, 0.2) is 58.4 Å². The SMILES string of the molecule is COCCN1C(=O)/C(=C/c2c(N3CCN(c4cccc(Cl)c4)CC3)nc3ccccn3c2=O)SC1=S. The van der Waals surface area contributed by atoms with E-state index in [0.717, 1.165) is 18.8 Å². The van der Waals surface area contributed by atoms with Gasteiger partial charge in [-0.1, -0.05) is 47.7 Å². The van der Waals surface area contributed by atoms with Crippen LogP contribution < -0.4 is 15.4 Å². The summed E-state index contributed by atoms with van der Waals surface area (Å²) in [5.74, 6) is 0.343. The normalized spacial score (nSPS) is 17.6. The molecular formula is C25H24ClN5O3S2. The van der Waals surface area contributed by atoms with Crippen LogP contribution in [0, 0.1) is 0 Å². The van der Waals surface area contributed by atoms with E-state index < -0.39 is 0 Å². The predicted octanol–water partition coefficient (Wildman–Crippen LogP) is 3.52. The molecule has 2 saturated heterocycles. The molecule has 4 heterocycles. The second-order valence-corrected chi connectivity index (χ2v) is 10.5. The van der Waals surface area contributed by atoms with E-state index in [4.69, 9.17) is 33.5 Å². The molecule has 5 rings (SSSR count). The maximum Gasteiger partial charge on any atom is 0.267 e. The number of anilines is 2. The highest BCUT2D eigenvalue weighted by Gasteiger charge is 2.33. The third kappa shape index (κ3) is 4.86. The van der Waals surface area contributed by atoms with Crippen molar-refractivity contribution < 1.29 is 9.53 Å². The van der Waals surface area contributed by atoms with Gasteiger partial charge >= 0.3 is 0 Å². The van der Waals surface area contributed by atoms with Crippen LogP contribution in [0.1, 0.15) is 5.56 Å². The van der Waals surface area contributed by atoms with Crippen LogP contribution in [0.4, 0.5) is 11.5 Å². The molecule has 0 bridgehead atoms. The lowest BCUT2D eigenvalue weighted by atomic mass is 10.2. The molecule has 0 spiro atoms. The lowest BCUT2D eigenvalue weighted by molar-refractivity contribution is -0.122. The number of hydrogen-bond acceptors (Lipinski definition) is 8. The lowest BCUT2D eigenvalue weighted by Crippen LogP contribution is -2.47. The Balaban J connectivity index is 1.49. The summed E-state index contributed by atoms with van der Waals surface area (Å²) in [7, 11) is 1.58. The van der Waals surface area contributed by atoms with E-state index in [0.29, 0.717) is 57.5 Å². The Morgan fingerprint density at radius 2 is 1.89 bits per heavy atom. The van der Waals surface area contributed by atoms with Gasteiger partial charge in [0.25, 0.3) is 11.5 Å². The van der Waals surface area contributed by atoms with Crippen molar-refractivity contribution in [2.75, 3.05) is 56.2 Å². The molecule has 186 valence electrons. The fourth-order valence-corrected chi connectivity index (χ4v) is 5.79. The van der Waals surface area contributed by atoms with Gasteiger partial charge in [-0.15, -0.1) is 0 Å². The molecule has 2 aliphatic rings. The molecule has 3 aromatic rings. The Kier molecular flexibility index (Phi) is 7.29. The molecule has 0 unspecified atom stereocenters. The van der Waals surface area contributed by atoms with E-state index >= 15 is 0 Å². The Labute approximate surface area is 223 Å². The maximum atomic E-state index is 13.6. The zero-order valence-electron chi connectivity index (χ0n) is 19.6. The number of fused-ring (bicyclic) bond motifs is 1. The predicted molar refractivity (Wildman–Crippen MR) is 149 cm³/mol. The summed E-state index contributed by atoms with van der Waals surface area (Å²) in [5.41, 5.74) is 1.77. The number of halogens is 1. The second-order valence-electron chi connectivity index (χ2n) is 8.36. The molecule has 36 heavy (non-hydrogen) atoms. The number of methoxy groups -OCH3 is 1. The van der Waals surface area contributed by atoms with Gasteiger partial charge in [0, 0.05) is 50.2 Å².